The molecule has 0 saturated carbocycles. The number of ketones is 1. The van der Waals surface area contributed by atoms with Crippen molar-refractivity contribution in [2.24, 2.45) is 0 Å². The number of aromatic nitrogens is 1. The maximum absolute atomic E-state index is 12.5. The number of rotatable bonds is 5. The third kappa shape index (κ3) is 3.99. The Balaban J connectivity index is 2.18. The van der Waals surface area contributed by atoms with Gasteiger partial charge in [0.1, 0.15) is 5.03 Å². The molecule has 1 aromatic heterocycles. The average Bonchev–Trinajstić information content (AvgIpc) is 2.56. The maximum Gasteiger partial charge on any atom is 0.341 e. The van der Waals surface area contributed by atoms with Crippen LogP contribution in [0.15, 0.2) is 41.6 Å². The summed E-state index contributed by atoms with van der Waals surface area (Å²) in [6.07, 6.45) is 2.61. The van der Waals surface area contributed by atoms with Crippen molar-refractivity contribution in [1.82, 2.24) is 4.98 Å². The Morgan fingerprint density at radius 1 is 1.17 bits per heavy atom. The summed E-state index contributed by atoms with van der Waals surface area (Å²) in [5.41, 5.74) is 2.83. The topological polar surface area (TPSA) is 56.3 Å². The monoisotopic (exact) mass is 329 g/mol. The quantitative estimate of drug-likeness (QED) is 0.474. The van der Waals surface area contributed by atoms with Crippen molar-refractivity contribution in [3.8, 4) is 0 Å². The molecule has 0 amide bonds. The van der Waals surface area contributed by atoms with E-state index in [0.29, 0.717) is 16.2 Å². The molecule has 1 atom stereocenters. The molecule has 4 nitrogen and oxygen atoms in total. The normalized spacial score (nSPS) is 11.8. The number of esters is 1. The van der Waals surface area contributed by atoms with Crippen molar-refractivity contribution in [2.45, 2.75) is 31.9 Å². The predicted molar refractivity (Wildman–Crippen MR) is 91.1 cm³/mol. The van der Waals surface area contributed by atoms with Gasteiger partial charge in [0.25, 0.3) is 0 Å². The molecular weight excluding hydrogens is 310 g/mol. The van der Waals surface area contributed by atoms with Crippen molar-refractivity contribution >= 4 is 23.5 Å². The van der Waals surface area contributed by atoms with Crippen LogP contribution in [0.2, 0.25) is 0 Å². The van der Waals surface area contributed by atoms with Crippen LogP contribution in [0.1, 0.15) is 38.8 Å². The molecule has 0 spiro atoms. The zero-order valence-corrected chi connectivity index (χ0v) is 14.4. The first kappa shape index (κ1) is 17.2. The van der Waals surface area contributed by atoms with Gasteiger partial charge in [-0.3, -0.25) is 4.79 Å². The Hall–Kier alpha value is -2.14. The van der Waals surface area contributed by atoms with Gasteiger partial charge in [-0.2, -0.15) is 0 Å². The van der Waals surface area contributed by atoms with Crippen LogP contribution in [0, 0.1) is 13.8 Å². The number of ether oxygens (including phenoxy) is 1. The van der Waals surface area contributed by atoms with Gasteiger partial charge < -0.3 is 4.74 Å². The van der Waals surface area contributed by atoms with E-state index in [1.165, 1.54) is 11.8 Å². The molecule has 5 heteroatoms. The van der Waals surface area contributed by atoms with Crippen LogP contribution in [0.25, 0.3) is 0 Å². The van der Waals surface area contributed by atoms with Crippen LogP contribution in [-0.2, 0) is 4.74 Å². The molecule has 0 N–H and O–H groups in total. The number of aryl methyl sites for hydroxylation is 2. The zero-order valence-electron chi connectivity index (χ0n) is 13.6. The predicted octanol–water partition coefficient (Wildman–Crippen LogP) is 3.85. The van der Waals surface area contributed by atoms with Crippen molar-refractivity contribution in [1.29, 1.82) is 0 Å². The summed E-state index contributed by atoms with van der Waals surface area (Å²) in [6, 6.07) is 8.98. The Morgan fingerprint density at radius 2 is 1.91 bits per heavy atom. The highest BCUT2D eigenvalue weighted by atomic mass is 32.2. The van der Waals surface area contributed by atoms with E-state index in [2.05, 4.69) is 4.98 Å². The first-order valence-corrected chi connectivity index (χ1v) is 8.48. The van der Waals surface area contributed by atoms with E-state index in [0.717, 1.165) is 11.1 Å². The second kappa shape index (κ2) is 7.42. The number of benzene rings is 1. The lowest BCUT2D eigenvalue weighted by Crippen LogP contribution is -2.25. The Morgan fingerprint density at radius 3 is 2.61 bits per heavy atom. The molecule has 2 aromatic rings. The minimum atomic E-state index is -0.849. The fourth-order valence-electron chi connectivity index (χ4n) is 2.21. The number of carbonyl (C=O) groups is 2. The second-order valence-electron chi connectivity index (χ2n) is 5.29. The lowest BCUT2D eigenvalue weighted by atomic mass is 9.99. The highest BCUT2D eigenvalue weighted by Crippen LogP contribution is 2.20. The summed E-state index contributed by atoms with van der Waals surface area (Å²) in [5, 5.41) is 0.587. The largest absolute Gasteiger partial charge is 0.451 e. The maximum atomic E-state index is 12.5. The molecule has 0 fully saturated rings. The van der Waals surface area contributed by atoms with Crippen LogP contribution < -0.4 is 0 Å². The SMILES string of the molecule is CSc1ncccc1C(=O)O[C@@H](C)C(=O)c1cc(C)ccc1C. The van der Waals surface area contributed by atoms with Gasteiger partial charge in [0.2, 0.25) is 5.78 Å². The second-order valence-corrected chi connectivity index (χ2v) is 6.09. The lowest BCUT2D eigenvalue weighted by molar-refractivity contribution is 0.0314. The number of hydrogen-bond donors (Lipinski definition) is 0. The fraction of sp³-hybridized carbons (Fsp3) is 0.278. The van der Waals surface area contributed by atoms with Crippen molar-refractivity contribution in [3.05, 3.63) is 58.8 Å². The van der Waals surface area contributed by atoms with Crippen LogP contribution >= 0.6 is 11.8 Å². The van der Waals surface area contributed by atoms with E-state index in [1.54, 1.807) is 25.3 Å². The summed E-state index contributed by atoms with van der Waals surface area (Å²) in [4.78, 5) is 29.0. The molecule has 1 heterocycles. The summed E-state index contributed by atoms with van der Waals surface area (Å²) < 4.78 is 5.35. The van der Waals surface area contributed by atoms with Gasteiger partial charge in [0.15, 0.2) is 6.10 Å². The number of thioether (sulfide) groups is 1. The lowest BCUT2D eigenvalue weighted by Gasteiger charge is -2.15. The summed E-state index contributed by atoms with van der Waals surface area (Å²) in [5.74, 6) is -0.734. The summed E-state index contributed by atoms with van der Waals surface area (Å²) in [6.45, 7) is 5.39. The third-order valence-electron chi connectivity index (χ3n) is 3.50. The van der Waals surface area contributed by atoms with Crippen molar-refractivity contribution < 1.29 is 14.3 Å². The molecule has 23 heavy (non-hydrogen) atoms. The molecule has 2 rings (SSSR count). The molecule has 0 bridgehead atoms. The molecule has 0 aliphatic carbocycles. The number of carbonyl (C=O) groups excluding carboxylic acids is 2. The van der Waals surface area contributed by atoms with Crippen LogP contribution in [0.5, 0.6) is 0 Å². The Kier molecular flexibility index (Phi) is 5.55. The van der Waals surface area contributed by atoms with Gasteiger partial charge >= 0.3 is 5.97 Å². The van der Waals surface area contributed by atoms with Crippen LogP contribution in [-0.4, -0.2) is 29.1 Å². The molecule has 120 valence electrons. The van der Waals surface area contributed by atoms with E-state index < -0.39 is 12.1 Å². The summed E-state index contributed by atoms with van der Waals surface area (Å²) >= 11 is 1.36. The molecule has 0 saturated heterocycles. The van der Waals surface area contributed by atoms with E-state index in [9.17, 15) is 9.59 Å². The van der Waals surface area contributed by atoms with Crippen LogP contribution in [0.3, 0.4) is 0 Å². The third-order valence-corrected chi connectivity index (χ3v) is 4.21. The molecular formula is C18H19NO3S. The van der Waals surface area contributed by atoms with E-state index in [1.807, 2.05) is 38.3 Å². The van der Waals surface area contributed by atoms with Gasteiger partial charge in [0, 0.05) is 11.8 Å². The van der Waals surface area contributed by atoms with Crippen molar-refractivity contribution in [3.63, 3.8) is 0 Å². The highest BCUT2D eigenvalue weighted by Gasteiger charge is 2.23. The number of nitrogens with zero attached hydrogens (tertiary/aromatic N) is 1. The Bertz CT molecular complexity index is 743. The van der Waals surface area contributed by atoms with Gasteiger partial charge in [-0.25, -0.2) is 9.78 Å². The standard InChI is InChI=1S/C18H19NO3S/c1-11-7-8-12(2)15(10-11)16(20)13(3)22-18(21)14-6-5-9-19-17(14)23-4/h5-10,13H,1-4H3/t13-/m0/s1. The molecule has 1 aromatic carbocycles. The summed E-state index contributed by atoms with van der Waals surface area (Å²) in [7, 11) is 0. The molecule has 0 aliphatic heterocycles. The van der Waals surface area contributed by atoms with Crippen LogP contribution in [0.4, 0.5) is 0 Å². The zero-order chi connectivity index (χ0) is 17.0. The van der Waals surface area contributed by atoms with Gasteiger partial charge in [0.05, 0.1) is 5.56 Å². The van der Waals surface area contributed by atoms with Gasteiger partial charge in [-0.05, 0) is 50.8 Å². The van der Waals surface area contributed by atoms with Gasteiger partial charge in [-0.1, -0.05) is 17.7 Å². The van der Waals surface area contributed by atoms with E-state index in [4.69, 9.17) is 4.74 Å². The number of pyridine rings is 1. The first-order valence-electron chi connectivity index (χ1n) is 7.25. The molecule has 0 radical (unpaired) electrons. The highest BCUT2D eigenvalue weighted by molar-refractivity contribution is 7.98. The average molecular weight is 329 g/mol. The smallest absolute Gasteiger partial charge is 0.341 e. The van der Waals surface area contributed by atoms with E-state index >= 15 is 0 Å². The number of Topliss-reactive ketones (excluding diaryl/α,β-unsaturated/α-hetero) is 1. The minimum Gasteiger partial charge on any atom is -0.451 e. The van der Waals surface area contributed by atoms with E-state index in [-0.39, 0.29) is 5.78 Å². The number of hydrogen-bond acceptors (Lipinski definition) is 5. The Labute approximate surface area is 140 Å². The minimum absolute atomic E-state index is 0.200. The van der Waals surface area contributed by atoms with Crippen molar-refractivity contribution in [2.75, 3.05) is 6.26 Å². The first-order chi connectivity index (χ1) is 10.9. The molecule has 0 unspecified atom stereocenters. The van der Waals surface area contributed by atoms with Gasteiger partial charge in [-0.15, -0.1) is 11.8 Å². The molecule has 0 aliphatic rings. The fourth-order valence-corrected chi connectivity index (χ4v) is 2.74.